The molecule has 10 heteroatoms. The fourth-order valence-corrected chi connectivity index (χ4v) is 2.70. The highest BCUT2D eigenvalue weighted by molar-refractivity contribution is 5.99. The van der Waals surface area contributed by atoms with E-state index >= 15 is 0 Å². The quantitative estimate of drug-likeness (QED) is 0.379. The number of fused-ring (bicyclic) bond motifs is 1. The smallest absolute Gasteiger partial charge is 0.347 e. The first-order valence-electron chi connectivity index (χ1n) is 9.67. The molecular weight excluding hydrogens is 418 g/mol. The Morgan fingerprint density at radius 1 is 1.00 bits per heavy atom. The second-order valence-corrected chi connectivity index (χ2v) is 7.00. The van der Waals surface area contributed by atoms with Gasteiger partial charge in [-0.2, -0.15) is 0 Å². The van der Waals surface area contributed by atoms with Gasteiger partial charge in [0, 0.05) is 30.9 Å². The van der Waals surface area contributed by atoms with E-state index in [0.29, 0.717) is 28.5 Å². The Balaban J connectivity index is 1.40. The van der Waals surface area contributed by atoms with Crippen LogP contribution in [0.25, 0.3) is 0 Å². The number of amides is 2. The van der Waals surface area contributed by atoms with E-state index < -0.39 is 25.1 Å². The van der Waals surface area contributed by atoms with Crippen LogP contribution in [-0.2, 0) is 19.2 Å². The third-order valence-corrected chi connectivity index (χ3v) is 4.36. The molecule has 3 rings (SSSR count). The van der Waals surface area contributed by atoms with Crippen LogP contribution >= 0.6 is 0 Å². The first kappa shape index (κ1) is 22.6. The summed E-state index contributed by atoms with van der Waals surface area (Å²) in [5.74, 6) is -0.142. The monoisotopic (exact) mass is 441 g/mol. The fourth-order valence-electron chi connectivity index (χ4n) is 2.70. The van der Waals surface area contributed by atoms with Gasteiger partial charge in [-0.1, -0.05) is 5.16 Å². The molecule has 1 heterocycles. The minimum absolute atomic E-state index is 0.145. The average molecular weight is 441 g/mol. The van der Waals surface area contributed by atoms with Crippen LogP contribution < -0.4 is 14.8 Å². The molecule has 0 radical (unpaired) electrons. The number of anilines is 1. The van der Waals surface area contributed by atoms with Gasteiger partial charge in [0.1, 0.15) is 0 Å². The Kier molecular flexibility index (Phi) is 7.27. The summed E-state index contributed by atoms with van der Waals surface area (Å²) in [6.45, 7) is 0.960. The molecule has 1 aliphatic heterocycles. The van der Waals surface area contributed by atoms with E-state index in [9.17, 15) is 14.4 Å². The lowest BCUT2D eigenvalue weighted by atomic mass is 10.1. The third-order valence-electron chi connectivity index (χ3n) is 4.36. The first-order valence-corrected chi connectivity index (χ1v) is 9.67. The summed E-state index contributed by atoms with van der Waals surface area (Å²) in [5, 5.41) is 6.45. The number of ether oxygens (including phenoxy) is 3. The summed E-state index contributed by atoms with van der Waals surface area (Å²) < 4.78 is 15.4. The molecule has 0 spiro atoms. The van der Waals surface area contributed by atoms with Crippen molar-refractivity contribution in [3.05, 3.63) is 53.6 Å². The number of carbonyl (C=O) groups is 3. The van der Waals surface area contributed by atoms with Crippen LogP contribution in [0.2, 0.25) is 0 Å². The minimum Gasteiger partial charge on any atom is -0.454 e. The van der Waals surface area contributed by atoms with Crippen LogP contribution in [0.15, 0.2) is 47.6 Å². The molecule has 168 valence electrons. The third kappa shape index (κ3) is 5.97. The van der Waals surface area contributed by atoms with E-state index in [2.05, 4.69) is 10.5 Å². The summed E-state index contributed by atoms with van der Waals surface area (Å²) >= 11 is 0. The summed E-state index contributed by atoms with van der Waals surface area (Å²) in [4.78, 5) is 42.1. The maximum Gasteiger partial charge on any atom is 0.347 e. The van der Waals surface area contributed by atoms with E-state index in [-0.39, 0.29) is 12.7 Å². The maximum atomic E-state index is 12.0. The Labute approximate surface area is 184 Å². The van der Waals surface area contributed by atoms with Gasteiger partial charge in [-0.25, -0.2) is 4.79 Å². The lowest BCUT2D eigenvalue weighted by Gasteiger charge is -2.11. The topological polar surface area (TPSA) is 116 Å². The zero-order chi connectivity index (χ0) is 23.1. The number of hydrogen-bond donors (Lipinski definition) is 1. The molecule has 2 amide bonds. The highest BCUT2D eigenvalue weighted by Crippen LogP contribution is 2.32. The van der Waals surface area contributed by atoms with Gasteiger partial charge in [-0.05, 0) is 49.4 Å². The van der Waals surface area contributed by atoms with Gasteiger partial charge >= 0.3 is 5.97 Å². The van der Waals surface area contributed by atoms with Crippen molar-refractivity contribution in [3.63, 3.8) is 0 Å². The zero-order valence-corrected chi connectivity index (χ0v) is 17.9. The van der Waals surface area contributed by atoms with Crippen LogP contribution in [0.4, 0.5) is 5.69 Å². The number of nitrogens with one attached hydrogen (secondary N) is 1. The lowest BCUT2D eigenvalue weighted by Crippen LogP contribution is -2.23. The molecule has 1 N–H and O–H groups in total. The molecule has 0 aliphatic carbocycles. The Morgan fingerprint density at radius 2 is 1.69 bits per heavy atom. The second kappa shape index (κ2) is 10.3. The van der Waals surface area contributed by atoms with Crippen LogP contribution in [0, 0.1) is 0 Å². The molecule has 10 nitrogen and oxygen atoms in total. The van der Waals surface area contributed by atoms with Crippen molar-refractivity contribution >= 4 is 29.2 Å². The highest BCUT2D eigenvalue weighted by atomic mass is 16.7. The molecule has 0 unspecified atom stereocenters. The van der Waals surface area contributed by atoms with Crippen molar-refractivity contribution < 1.29 is 33.4 Å². The van der Waals surface area contributed by atoms with Gasteiger partial charge in [-0.3, -0.25) is 9.59 Å². The number of carbonyl (C=O) groups excluding carboxylic acids is 3. The SMILES string of the molecule is CC(=NOCC(=O)OCC(=O)Nc1ccc(C(=O)N(C)C)cc1)c1ccc2c(c1)OCO2. The zero-order valence-electron chi connectivity index (χ0n) is 17.9. The van der Waals surface area contributed by atoms with E-state index in [1.165, 1.54) is 4.90 Å². The number of nitrogens with zero attached hydrogens (tertiary/aromatic N) is 2. The van der Waals surface area contributed by atoms with E-state index in [0.717, 1.165) is 5.56 Å². The van der Waals surface area contributed by atoms with Crippen molar-refractivity contribution in [1.29, 1.82) is 0 Å². The fraction of sp³-hybridized carbons (Fsp3) is 0.273. The number of rotatable bonds is 8. The van der Waals surface area contributed by atoms with E-state index in [1.54, 1.807) is 63.5 Å². The number of oxime groups is 1. The van der Waals surface area contributed by atoms with Crippen molar-refractivity contribution in [2.45, 2.75) is 6.92 Å². The van der Waals surface area contributed by atoms with Gasteiger partial charge in [0.15, 0.2) is 18.1 Å². The normalized spacial score (nSPS) is 12.2. The molecule has 0 aromatic heterocycles. The van der Waals surface area contributed by atoms with Gasteiger partial charge in [0.05, 0.1) is 5.71 Å². The summed E-state index contributed by atoms with van der Waals surface area (Å²) in [7, 11) is 3.31. The number of benzene rings is 2. The highest BCUT2D eigenvalue weighted by Gasteiger charge is 2.15. The molecule has 1 aliphatic rings. The van der Waals surface area contributed by atoms with E-state index in [4.69, 9.17) is 19.0 Å². The van der Waals surface area contributed by atoms with Gasteiger partial charge in [0.25, 0.3) is 11.8 Å². The van der Waals surface area contributed by atoms with Crippen LogP contribution in [0.1, 0.15) is 22.8 Å². The molecule has 0 saturated heterocycles. The molecule has 0 bridgehead atoms. The molecule has 0 atom stereocenters. The first-order chi connectivity index (χ1) is 15.3. The van der Waals surface area contributed by atoms with Crippen LogP contribution in [-0.4, -0.2) is 62.5 Å². The van der Waals surface area contributed by atoms with Gasteiger partial charge < -0.3 is 29.3 Å². The Bertz CT molecular complexity index is 1030. The molecule has 32 heavy (non-hydrogen) atoms. The standard InChI is InChI=1S/C22H23N3O7/c1-14(16-6-9-18-19(10-16)31-13-30-18)24-32-12-21(27)29-11-20(26)23-17-7-4-15(5-8-17)22(28)25(2)3/h4-10H,11-13H2,1-3H3,(H,23,26). The molecular formula is C22H23N3O7. The summed E-state index contributed by atoms with van der Waals surface area (Å²) in [5.41, 5.74) is 2.25. The largest absolute Gasteiger partial charge is 0.454 e. The van der Waals surface area contributed by atoms with Crippen LogP contribution in [0.5, 0.6) is 11.5 Å². The second-order valence-electron chi connectivity index (χ2n) is 7.00. The Morgan fingerprint density at radius 3 is 2.41 bits per heavy atom. The predicted molar refractivity (Wildman–Crippen MR) is 115 cm³/mol. The predicted octanol–water partition coefficient (Wildman–Crippen LogP) is 2.04. The minimum atomic E-state index is -0.741. The van der Waals surface area contributed by atoms with Gasteiger partial charge in [-0.15, -0.1) is 0 Å². The van der Waals surface area contributed by atoms with Crippen molar-refractivity contribution in [2.75, 3.05) is 39.4 Å². The summed E-state index contributed by atoms with van der Waals surface area (Å²) in [6.07, 6.45) is 0. The van der Waals surface area contributed by atoms with Crippen molar-refractivity contribution in [3.8, 4) is 11.5 Å². The van der Waals surface area contributed by atoms with Crippen LogP contribution in [0.3, 0.4) is 0 Å². The number of hydrogen-bond acceptors (Lipinski definition) is 8. The summed E-state index contributed by atoms with van der Waals surface area (Å²) in [6, 6.07) is 11.7. The maximum absolute atomic E-state index is 12.0. The Hall–Kier alpha value is -4.08. The molecule has 2 aromatic rings. The van der Waals surface area contributed by atoms with E-state index in [1.807, 2.05) is 0 Å². The number of esters is 1. The van der Waals surface area contributed by atoms with Gasteiger partial charge in [0.2, 0.25) is 13.4 Å². The van der Waals surface area contributed by atoms with Crippen molar-refractivity contribution in [1.82, 2.24) is 4.90 Å². The molecule has 0 fully saturated rings. The van der Waals surface area contributed by atoms with Crippen molar-refractivity contribution in [2.24, 2.45) is 5.16 Å². The lowest BCUT2D eigenvalue weighted by molar-refractivity contribution is -0.151. The molecule has 2 aromatic carbocycles. The average Bonchev–Trinajstić information content (AvgIpc) is 3.25. The molecule has 0 saturated carbocycles.